The first-order chi connectivity index (χ1) is 62.5. The van der Waals surface area contributed by atoms with Crippen molar-refractivity contribution in [1.82, 2.24) is 37.2 Å². The van der Waals surface area contributed by atoms with Crippen LogP contribution in [-0.4, -0.2) is 297 Å². The van der Waals surface area contributed by atoms with E-state index in [1.165, 1.54) is 20.8 Å². The summed E-state index contributed by atoms with van der Waals surface area (Å²) in [4.78, 5) is 213. The van der Waals surface area contributed by atoms with Crippen molar-refractivity contribution >= 4 is 101 Å². The van der Waals surface area contributed by atoms with Crippen molar-refractivity contribution in [2.24, 2.45) is 0 Å². The first-order valence-corrected chi connectivity index (χ1v) is 43.1. The molecule has 0 aliphatic carbocycles. The monoisotopic (exact) mass is 1900 g/mol. The smallest absolute Gasteiger partial charge is 0.311 e. The summed E-state index contributed by atoms with van der Waals surface area (Å²) < 4.78 is 178. The van der Waals surface area contributed by atoms with E-state index in [0.29, 0.717) is 77.0 Å². The van der Waals surface area contributed by atoms with E-state index in [2.05, 4.69) is 42.0 Å². The van der Waals surface area contributed by atoms with Crippen molar-refractivity contribution in [2.45, 2.75) is 296 Å². The molecule has 0 aromatic heterocycles. The third-order valence-electron chi connectivity index (χ3n) is 19.4. The first kappa shape index (κ1) is 114. The van der Waals surface area contributed by atoms with Gasteiger partial charge in [0.25, 0.3) is 0 Å². The molecule has 132 heavy (non-hydrogen) atoms. The number of esters is 10. The lowest BCUT2D eigenvalue weighted by Gasteiger charge is -2.44. The fourth-order valence-electron chi connectivity index (χ4n) is 13.7. The number of rotatable bonds is 60. The Morgan fingerprint density at radius 3 is 0.848 bits per heavy atom. The summed E-state index contributed by atoms with van der Waals surface area (Å²) in [5.74, 6) is -26.4. The zero-order chi connectivity index (χ0) is 98.2. The summed E-state index contributed by atoms with van der Waals surface area (Å²) in [6.45, 7) is 10.5. The molecule has 746 valence electrons. The highest BCUT2D eigenvalue weighted by atomic mass is 19.2. The van der Waals surface area contributed by atoms with Gasteiger partial charge >= 0.3 is 59.7 Å². The van der Waals surface area contributed by atoms with Gasteiger partial charge < -0.3 is 127 Å². The SMILES string of the molecule is CC(=O)N[C@H]1[C@H](OCCCCCCNC(=O)CCOCC(COCCC(=O)NCCCCCCO[C@@H]2O[C@H](COC(C)=O)[C@H](OC(C)=O)[C@H](OC(C)=O)[C@H]2NC(C)=O)(COCCC(=O)NCCCCCCO[C@@H]2O[C@H](COC(C)=O)[C@H](OC(C)=O)[C@H](OC(C)=O)[C@H]2NC(C)=O)NC(=O)CCCC(=O)Oc2c(F)c(F)c(F)c(F)c2F)O[C@H](COC(C)=O)[C@H](OC(C)=O)[C@@H]1OC(C)=O. The number of carbonyl (C=O) groups is 17. The molecule has 7 N–H and O–H groups in total. The maximum absolute atomic E-state index is 14.5. The molecule has 7 amide bonds. The van der Waals surface area contributed by atoms with Gasteiger partial charge in [-0.05, 0) is 44.9 Å². The predicted octanol–water partition coefficient (Wildman–Crippen LogP) is 2.58. The third-order valence-corrected chi connectivity index (χ3v) is 19.4. The van der Waals surface area contributed by atoms with E-state index < -0.39 is 292 Å². The number of amides is 7. The summed E-state index contributed by atoms with van der Waals surface area (Å²) in [7, 11) is 0. The van der Waals surface area contributed by atoms with Crippen molar-refractivity contribution in [3.63, 3.8) is 0 Å². The Balaban J connectivity index is 1.45. The molecular formula is C84H124F5N7O36. The molecule has 3 heterocycles. The van der Waals surface area contributed by atoms with Crippen LogP contribution < -0.4 is 42.0 Å². The molecule has 0 radical (unpaired) electrons. The van der Waals surface area contributed by atoms with E-state index in [-0.39, 0.29) is 78.5 Å². The van der Waals surface area contributed by atoms with Gasteiger partial charge in [0.05, 0.1) is 39.6 Å². The standard InChI is InChI=1S/C84H124F5N7O36/c1-46(97)93-71-78(126-55(10)106)74(123-52(7)103)58(40-120-49(4)100)129-81(71)117-34-22-16-13-19-31-90-61(109)28-37-114-43-84(96-64(112)26-25-27-65(113)132-77-69(88)67(86)66(85)68(87)70(77)89,44-115-38-29-62(110)91-32-20-14-17-23-35-118-82-72(94-47(2)98)79(127-56(11)107)75(124-53(8)104)59(130-82)41-121-50(5)101)45-116-39-30-63(111)92-33-21-15-18-24-36-119-83-73(95-48(3)99)80(128-57(12)108)76(125-54(9)105)60(131-83)42-122-51(6)102/h58-60,71-76,78-83H,13-45H2,1-12H3,(H,90,109)(H,91,110)(H,92,111)(H,93,97)(H,94,98)(H,95,99)(H,96,112)/t58-,59-,60-,71-,72-,73-,74+,75+,76+,78-,79-,80-,81-,82-,83-/m1/s1. The normalized spacial score (nSPS) is 21.5. The first-order valence-electron chi connectivity index (χ1n) is 43.1. The van der Waals surface area contributed by atoms with Crippen molar-refractivity contribution in [1.29, 1.82) is 0 Å². The van der Waals surface area contributed by atoms with Gasteiger partial charge in [0.1, 0.15) is 61.8 Å². The van der Waals surface area contributed by atoms with Gasteiger partial charge in [-0.25, -0.2) is 13.2 Å². The predicted molar refractivity (Wildman–Crippen MR) is 437 cm³/mol. The Morgan fingerprint density at radius 1 is 0.303 bits per heavy atom. The molecule has 3 aliphatic heterocycles. The molecule has 48 heteroatoms. The number of halogens is 5. The van der Waals surface area contributed by atoms with Gasteiger partial charge in [-0.2, -0.15) is 8.78 Å². The van der Waals surface area contributed by atoms with Crippen LogP contribution in [0, 0.1) is 29.1 Å². The molecule has 3 fully saturated rings. The maximum atomic E-state index is 14.5. The quantitative estimate of drug-likeness (QED) is 0.00937. The number of hydrogen-bond acceptors (Lipinski definition) is 36. The van der Waals surface area contributed by atoms with Crippen LogP contribution in [-0.2, 0) is 167 Å². The molecule has 0 saturated carbocycles. The maximum Gasteiger partial charge on any atom is 0.311 e. The lowest BCUT2D eigenvalue weighted by Crippen LogP contribution is -2.66. The summed E-state index contributed by atoms with van der Waals surface area (Å²) in [6, 6.07) is -3.56. The fourth-order valence-corrected chi connectivity index (χ4v) is 13.7. The van der Waals surface area contributed by atoms with Crippen molar-refractivity contribution < 1.29 is 193 Å². The van der Waals surface area contributed by atoms with Crippen molar-refractivity contribution in [2.75, 3.05) is 98.9 Å². The largest absolute Gasteiger partial charge is 0.463 e. The minimum absolute atomic E-state index is 0.0285. The van der Waals surface area contributed by atoms with Gasteiger partial charge in [-0.3, -0.25) is 81.5 Å². The van der Waals surface area contributed by atoms with E-state index in [0.717, 1.165) is 62.3 Å². The van der Waals surface area contributed by atoms with E-state index >= 15 is 0 Å². The Kier molecular flexibility index (Phi) is 52.3. The molecule has 43 nitrogen and oxygen atoms in total. The summed E-state index contributed by atoms with van der Waals surface area (Å²) in [6.07, 6.45) is -12.2. The Labute approximate surface area is 758 Å². The average molecular weight is 1900 g/mol. The lowest BCUT2D eigenvalue weighted by molar-refractivity contribution is -0.277. The topological polar surface area (TPSA) is 550 Å². The van der Waals surface area contributed by atoms with Crippen molar-refractivity contribution in [3.05, 3.63) is 29.1 Å². The molecule has 3 aliphatic rings. The molecule has 0 spiro atoms. The van der Waals surface area contributed by atoms with Gasteiger partial charge in [-0.15, -0.1) is 0 Å². The molecule has 4 rings (SSSR count). The van der Waals surface area contributed by atoms with Crippen LogP contribution in [0.3, 0.4) is 0 Å². The lowest BCUT2D eigenvalue weighted by atomic mass is 9.96. The number of unbranched alkanes of at least 4 members (excludes halogenated alkanes) is 9. The van der Waals surface area contributed by atoms with Gasteiger partial charge in [0, 0.05) is 155 Å². The molecule has 3 saturated heterocycles. The molecule has 1 aromatic carbocycles. The fraction of sp³-hybridized carbons (Fsp3) is 0.726. The van der Waals surface area contributed by atoms with Gasteiger partial charge in [0.2, 0.25) is 76.2 Å². The highest BCUT2D eigenvalue weighted by Crippen LogP contribution is 2.34. The van der Waals surface area contributed by atoms with Crippen LogP contribution in [0.2, 0.25) is 0 Å². The average Bonchev–Trinajstić information content (AvgIpc) is 0.789. The van der Waals surface area contributed by atoms with Crippen LogP contribution in [0.25, 0.3) is 0 Å². The summed E-state index contributed by atoms with van der Waals surface area (Å²) >= 11 is 0. The van der Waals surface area contributed by atoms with Crippen LogP contribution >= 0.6 is 0 Å². The zero-order valence-corrected chi connectivity index (χ0v) is 76.1. The highest BCUT2D eigenvalue weighted by Gasteiger charge is 2.55. The van der Waals surface area contributed by atoms with E-state index in [1.54, 1.807) is 0 Å². The molecule has 0 unspecified atom stereocenters. The third kappa shape index (κ3) is 43.5. The van der Waals surface area contributed by atoms with E-state index in [1.807, 2.05) is 0 Å². The van der Waals surface area contributed by atoms with E-state index in [9.17, 15) is 103 Å². The second-order valence-electron chi connectivity index (χ2n) is 31.0. The minimum atomic E-state index is -2.51. The Bertz CT molecular complexity index is 3650. The number of nitrogens with one attached hydrogen (secondary N) is 7. The summed E-state index contributed by atoms with van der Waals surface area (Å²) in [5, 5.41) is 18.9. The Morgan fingerprint density at radius 2 is 0.576 bits per heavy atom. The summed E-state index contributed by atoms with van der Waals surface area (Å²) in [5.41, 5.74) is -1.77. The minimum Gasteiger partial charge on any atom is -0.463 e. The molecule has 1 aromatic rings. The van der Waals surface area contributed by atoms with Crippen LogP contribution in [0.4, 0.5) is 22.0 Å². The zero-order valence-electron chi connectivity index (χ0n) is 76.1. The van der Waals surface area contributed by atoms with Gasteiger partial charge in [0.15, 0.2) is 55.5 Å². The van der Waals surface area contributed by atoms with Crippen LogP contribution in [0.1, 0.15) is 199 Å². The van der Waals surface area contributed by atoms with Crippen LogP contribution in [0.15, 0.2) is 0 Å². The number of carbonyl (C=O) groups excluding carboxylic acids is 17. The van der Waals surface area contributed by atoms with Crippen molar-refractivity contribution in [3.8, 4) is 5.75 Å². The van der Waals surface area contributed by atoms with Gasteiger partial charge in [-0.1, -0.05) is 38.5 Å². The molecule has 15 atom stereocenters. The number of benzene rings is 1. The number of ether oxygens (including phenoxy) is 19. The van der Waals surface area contributed by atoms with Crippen LogP contribution in [0.5, 0.6) is 5.75 Å². The second-order valence-corrected chi connectivity index (χ2v) is 31.0. The number of hydrogen-bond donors (Lipinski definition) is 7. The molecular weight excluding hydrogens is 1780 g/mol. The highest BCUT2D eigenvalue weighted by molar-refractivity contribution is 5.80. The Hall–Kier alpha value is -10.5. The van der Waals surface area contributed by atoms with E-state index in [4.69, 9.17) is 85.3 Å². The second kappa shape index (κ2) is 60.6. The molecule has 0 bridgehead atoms.